The van der Waals surface area contributed by atoms with E-state index in [1.165, 1.54) is 14.2 Å². The van der Waals surface area contributed by atoms with E-state index < -0.39 is 5.97 Å². The number of rotatable bonds is 21. The van der Waals surface area contributed by atoms with Gasteiger partial charge in [0.2, 0.25) is 5.91 Å². The van der Waals surface area contributed by atoms with E-state index in [0.717, 1.165) is 113 Å². The van der Waals surface area contributed by atoms with Gasteiger partial charge in [0.25, 0.3) is 5.91 Å². The number of H-pyrrole nitrogens is 2. The van der Waals surface area contributed by atoms with Crippen molar-refractivity contribution in [1.29, 1.82) is 0 Å². The molecule has 69 heavy (non-hydrogen) atoms. The molecule has 7 heterocycles. The van der Waals surface area contributed by atoms with Crippen LogP contribution in [0.25, 0.3) is 33.2 Å². The van der Waals surface area contributed by atoms with Gasteiger partial charge in [0.05, 0.1) is 60.9 Å². The first-order valence-corrected chi connectivity index (χ1v) is 25.8. The Morgan fingerprint density at radius 2 is 1.54 bits per heavy atom. The van der Waals surface area contributed by atoms with Crippen molar-refractivity contribution in [2.45, 2.75) is 147 Å². The molecule has 4 amide bonds. The molecule has 0 aliphatic carbocycles. The lowest BCUT2D eigenvalue weighted by Gasteiger charge is -2.20. The fourth-order valence-corrected chi connectivity index (χ4v) is 12.1. The van der Waals surface area contributed by atoms with E-state index in [9.17, 15) is 24.0 Å². The zero-order chi connectivity index (χ0) is 49.4. The maximum absolute atomic E-state index is 14.6. The van der Waals surface area contributed by atoms with Gasteiger partial charge in [-0.25, -0.2) is 9.78 Å². The Morgan fingerprint density at radius 3 is 2.25 bits per heavy atom. The second-order valence-corrected chi connectivity index (χ2v) is 19.9. The first-order chi connectivity index (χ1) is 33.3. The van der Waals surface area contributed by atoms with Crippen LogP contribution in [-0.2, 0) is 36.7 Å². The molecule has 16 heteroatoms. The summed E-state index contributed by atoms with van der Waals surface area (Å²) in [6.07, 6.45) is 10.3. The van der Waals surface area contributed by atoms with Crippen LogP contribution in [0, 0.1) is 13.8 Å². The summed E-state index contributed by atoms with van der Waals surface area (Å²) in [7, 11) is 2.73. The van der Waals surface area contributed by atoms with Crippen molar-refractivity contribution < 1.29 is 33.4 Å². The van der Waals surface area contributed by atoms with Gasteiger partial charge >= 0.3 is 18.0 Å². The molecule has 4 aliphatic heterocycles. The van der Waals surface area contributed by atoms with Gasteiger partial charge in [-0.1, -0.05) is 45.8 Å². The lowest BCUT2D eigenvalue weighted by atomic mass is 9.82. The summed E-state index contributed by atoms with van der Waals surface area (Å²) < 4.78 is 10.4. The van der Waals surface area contributed by atoms with Gasteiger partial charge in [-0.05, 0) is 106 Å². The van der Waals surface area contributed by atoms with Gasteiger partial charge in [-0.3, -0.25) is 24.2 Å². The minimum absolute atomic E-state index is 0.0631. The molecule has 6 N–H and O–H groups in total. The van der Waals surface area contributed by atoms with E-state index in [0.29, 0.717) is 65.5 Å². The standard InChI is InChI=1S/C53H70N8O7S/c1-9-32-30(5)38-26-42-34(11-3)35(20-21-46(63)67-7)49(59-42)36(24-47(64)68-8)50-48(31(6)39(58-50)27-41-33(10-2)29(4)37(56-41)25-40(32)57-38)52(65)55-23-17-13-12-16-22-54-45(62)19-15-14-18-44-51-43(28-69-44)60-53(66)61-51/h9,25-27,34-35,43-44,51,56,58H,1,10-24,28H2,2-8H3,(H,54,62)(H,55,65)(H2,60,61,66)/t34-,35-,43?,44-,51?/m0/s1. The molecule has 2 unspecified atom stereocenters. The molecule has 7 rings (SSSR count). The highest BCUT2D eigenvalue weighted by molar-refractivity contribution is 8.00. The van der Waals surface area contributed by atoms with Crippen LogP contribution in [0.3, 0.4) is 0 Å². The fraction of sp³-hybridized carbons (Fsp3) is 0.528. The molecule has 8 bridgehead atoms. The number of aromatic nitrogens is 4. The van der Waals surface area contributed by atoms with E-state index in [4.69, 9.17) is 19.4 Å². The fourth-order valence-electron chi connectivity index (χ4n) is 10.5. The Bertz CT molecular complexity index is 2670. The Labute approximate surface area is 409 Å². The van der Waals surface area contributed by atoms with Crippen LogP contribution in [0.1, 0.15) is 159 Å². The summed E-state index contributed by atoms with van der Waals surface area (Å²) in [4.78, 5) is 82.8. The van der Waals surface area contributed by atoms with Crippen molar-refractivity contribution in [3.05, 3.63) is 81.4 Å². The minimum atomic E-state index is -0.488. The second kappa shape index (κ2) is 23.1. The molecule has 3 aromatic heterocycles. The molecule has 3 aromatic rings. The zero-order valence-electron chi connectivity index (χ0n) is 41.4. The van der Waals surface area contributed by atoms with Gasteiger partial charge in [0, 0.05) is 82.2 Å². The number of fused-ring (bicyclic) bond motifs is 9. The number of thioether (sulfide) groups is 1. The summed E-state index contributed by atoms with van der Waals surface area (Å²) in [5.74, 6) is -0.535. The average molecular weight is 963 g/mol. The first-order valence-electron chi connectivity index (χ1n) is 24.8. The van der Waals surface area contributed by atoms with Gasteiger partial charge < -0.3 is 40.7 Å². The van der Waals surface area contributed by atoms with Crippen molar-refractivity contribution >= 4 is 74.8 Å². The highest BCUT2D eigenvalue weighted by Gasteiger charge is 2.42. The topological polar surface area (TPSA) is 209 Å². The smallest absolute Gasteiger partial charge is 0.315 e. The lowest BCUT2D eigenvalue weighted by molar-refractivity contribution is -0.141. The third-order valence-electron chi connectivity index (χ3n) is 14.4. The number of hydrogen-bond acceptors (Lipinski definition) is 10. The van der Waals surface area contributed by atoms with Crippen LogP contribution in [0.5, 0.6) is 0 Å². The quantitative estimate of drug-likeness (QED) is 0.0340. The van der Waals surface area contributed by atoms with Gasteiger partial charge in [0.15, 0.2) is 0 Å². The first kappa shape index (κ1) is 51.0. The van der Waals surface area contributed by atoms with Crippen LogP contribution in [-0.4, -0.2) is 100 Å². The predicted octanol–water partition coefficient (Wildman–Crippen LogP) is 8.69. The van der Waals surface area contributed by atoms with E-state index >= 15 is 0 Å². The number of esters is 2. The molecule has 2 fully saturated rings. The number of nitrogens with one attached hydrogen (secondary N) is 6. The lowest BCUT2D eigenvalue weighted by Crippen LogP contribution is -2.36. The van der Waals surface area contributed by atoms with Crippen molar-refractivity contribution in [3.63, 3.8) is 0 Å². The molecule has 0 saturated carbocycles. The molecule has 0 radical (unpaired) electrons. The minimum Gasteiger partial charge on any atom is -0.469 e. The third-order valence-corrected chi connectivity index (χ3v) is 15.9. The normalized spacial score (nSPS) is 19.5. The van der Waals surface area contributed by atoms with E-state index in [1.54, 1.807) is 0 Å². The molecule has 5 atom stereocenters. The number of carbonyl (C=O) groups excluding carboxylic acids is 5. The number of allylic oxidation sites excluding steroid dienone is 3. The third kappa shape index (κ3) is 11.4. The Morgan fingerprint density at radius 1 is 0.797 bits per heavy atom. The van der Waals surface area contributed by atoms with Gasteiger partial charge in [-0.15, -0.1) is 0 Å². The Balaban J connectivity index is 1.14. The molecule has 0 aromatic carbocycles. The molecule has 370 valence electrons. The Hall–Kier alpha value is -5.90. The number of nitrogens with zero attached hydrogens (tertiary/aromatic N) is 2. The molecular weight excluding hydrogens is 893 g/mol. The average Bonchev–Trinajstić information content (AvgIpc) is 4.17. The highest BCUT2D eigenvalue weighted by Crippen LogP contribution is 2.45. The van der Waals surface area contributed by atoms with Gasteiger partial charge in [0.1, 0.15) is 0 Å². The monoisotopic (exact) mass is 963 g/mol. The second-order valence-electron chi connectivity index (χ2n) is 18.7. The number of amides is 4. The number of urea groups is 1. The Kier molecular flexibility index (Phi) is 17.1. The van der Waals surface area contributed by atoms with Gasteiger partial charge in [-0.2, -0.15) is 11.8 Å². The number of aromatic amines is 2. The SMILES string of the molecule is C=CC1=C(C)c2cc3nc(c(CC(=O)OC)c4[nH]c(cc5[nH]c(cc1n2)c(C)c5CC)c(C)c4C(=O)NCCCCCCNC(=O)CCCC[C@@H]1SCC2NC(=O)NC21)[C@@H](CCC(=O)OC)[C@@H]3CC. The summed E-state index contributed by atoms with van der Waals surface area (Å²) in [6.45, 7) is 15.4. The molecule has 4 aliphatic rings. The predicted molar refractivity (Wildman–Crippen MR) is 273 cm³/mol. The number of ether oxygens (including phenoxy) is 2. The summed E-state index contributed by atoms with van der Waals surface area (Å²) in [5.41, 5.74) is 11.7. The van der Waals surface area contributed by atoms with E-state index in [2.05, 4.69) is 64.7 Å². The van der Waals surface area contributed by atoms with Crippen LogP contribution in [0.15, 0.2) is 30.9 Å². The molecule has 0 spiro atoms. The molecule has 2 saturated heterocycles. The number of hydrogen-bond donors (Lipinski definition) is 6. The van der Waals surface area contributed by atoms with Crippen LogP contribution >= 0.6 is 11.8 Å². The maximum Gasteiger partial charge on any atom is 0.315 e. The summed E-state index contributed by atoms with van der Waals surface area (Å²) >= 11 is 1.90. The molecular formula is C53H70N8O7S. The van der Waals surface area contributed by atoms with E-state index in [1.807, 2.05) is 43.8 Å². The van der Waals surface area contributed by atoms with E-state index in [-0.39, 0.29) is 60.6 Å². The van der Waals surface area contributed by atoms with Crippen LogP contribution in [0.4, 0.5) is 4.79 Å². The van der Waals surface area contributed by atoms with Crippen LogP contribution in [0.2, 0.25) is 0 Å². The zero-order valence-corrected chi connectivity index (χ0v) is 42.2. The largest absolute Gasteiger partial charge is 0.469 e. The van der Waals surface area contributed by atoms with Crippen molar-refractivity contribution in [2.24, 2.45) is 0 Å². The number of aryl methyl sites for hydroxylation is 3. The van der Waals surface area contributed by atoms with Crippen LogP contribution < -0.4 is 21.3 Å². The van der Waals surface area contributed by atoms with Crippen molar-refractivity contribution in [3.8, 4) is 0 Å². The number of unbranched alkanes of at least 4 members (excludes halogenated alkanes) is 4. The summed E-state index contributed by atoms with van der Waals surface area (Å²) in [6, 6.07) is 6.45. The number of carbonyl (C=O) groups is 5. The van der Waals surface area contributed by atoms with Crippen molar-refractivity contribution in [1.82, 2.24) is 41.2 Å². The molecule has 15 nitrogen and oxygen atoms in total. The van der Waals surface area contributed by atoms with Crippen molar-refractivity contribution in [2.75, 3.05) is 33.1 Å². The highest BCUT2D eigenvalue weighted by atomic mass is 32.2. The summed E-state index contributed by atoms with van der Waals surface area (Å²) in [5, 5.41) is 12.6. The maximum atomic E-state index is 14.6. The number of methoxy groups -OCH3 is 2.